The zero-order valence-corrected chi connectivity index (χ0v) is 12.4. The number of rotatable bonds is 5. The number of ketones is 1. The smallest absolute Gasteiger partial charge is 0.253 e. The number of aromatic nitrogens is 1. The van der Waals surface area contributed by atoms with Gasteiger partial charge in [0.1, 0.15) is 0 Å². The topological polar surface area (TPSA) is 72.2 Å². The van der Waals surface area contributed by atoms with Crippen molar-refractivity contribution < 1.29 is 14.0 Å². The maximum Gasteiger partial charge on any atom is 0.253 e. The van der Waals surface area contributed by atoms with Gasteiger partial charge in [0, 0.05) is 29.3 Å². The highest BCUT2D eigenvalue weighted by molar-refractivity contribution is 9.10. The fourth-order valence-electron chi connectivity index (χ4n) is 1.71. The van der Waals surface area contributed by atoms with Crippen LogP contribution in [-0.2, 0) is 0 Å². The van der Waals surface area contributed by atoms with E-state index in [1.165, 1.54) is 12.5 Å². The van der Waals surface area contributed by atoms with Crippen molar-refractivity contribution in [2.75, 3.05) is 0 Å². The number of Topliss-reactive ketones (excluding diaryl/α,β-unsaturated/α-hetero) is 1. The summed E-state index contributed by atoms with van der Waals surface area (Å²) < 4.78 is 5.75. The molecule has 20 heavy (non-hydrogen) atoms. The molecule has 0 spiro atoms. The third-order valence-electron chi connectivity index (χ3n) is 2.63. The predicted octanol–water partition coefficient (Wildman–Crippen LogP) is 2.83. The molecule has 2 aromatic heterocycles. The van der Waals surface area contributed by atoms with Crippen LogP contribution in [0.2, 0.25) is 0 Å². The SMILES string of the molecule is C[C@H](CC(=O)c1ccco1)NC(=O)c1cncc(Br)c1. The number of halogens is 1. The second kappa shape index (κ2) is 6.47. The van der Waals surface area contributed by atoms with Crippen molar-refractivity contribution in [1.82, 2.24) is 10.3 Å². The second-order valence-electron chi connectivity index (χ2n) is 4.37. The van der Waals surface area contributed by atoms with E-state index in [1.54, 1.807) is 31.3 Å². The van der Waals surface area contributed by atoms with E-state index in [9.17, 15) is 9.59 Å². The number of nitrogens with zero attached hydrogens (tertiary/aromatic N) is 1. The first kappa shape index (κ1) is 14.5. The maximum atomic E-state index is 12.0. The molecule has 1 atom stereocenters. The summed E-state index contributed by atoms with van der Waals surface area (Å²) >= 11 is 3.25. The Kier molecular flexibility index (Phi) is 4.68. The van der Waals surface area contributed by atoms with E-state index in [-0.39, 0.29) is 24.2 Å². The van der Waals surface area contributed by atoms with Crippen LogP contribution in [0.3, 0.4) is 0 Å². The summed E-state index contributed by atoms with van der Waals surface area (Å²) in [6.07, 6.45) is 4.70. The van der Waals surface area contributed by atoms with Crippen molar-refractivity contribution in [2.45, 2.75) is 19.4 Å². The molecule has 0 unspecified atom stereocenters. The molecular weight excluding hydrogens is 324 g/mol. The van der Waals surface area contributed by atoms with Crippen LogP contribution in [0, 0.1) is 0 Å². The lowest BCUT2D eigenvalue weighted by Gasteiger charge is -2.12. The minimum Gasteiger partial charge on any atom is -0.461 e. The summed E-state index contributed by atoms with van der Waals surface area (Å²) in [6.45, 7) is 1.77. The van der Waals surface area contributed by atoms with Crippen LogP contribution in [-0.4, -0.2) is 22.7 Å². The lowest BCUT2D eigenvalue weighted by atomic mass is 10.1. The van der Waals surface area contributed by atoms with Gasteiger partial charge < -0.3 is 9.73 Å². The fourth-order valence-corrected chi connectivity index (χ4v) is 2.07. The van der Waals surface area contributed by atoms with E-state index in [1.807, 2.05) is 0 Å². The summed E-state index contributed by atoms with van der Waals surface area (Å²) in [5, 5.41) is 2.75. The molecule has 1 amide bonds. The lowest BCUT2D eigenvalue weighted by Crippen LogP contribution is -2.34. The quantitative estimate of drug-likeness (QED) is 0.852. The second-order valence-corrected chi connectivity index (χ2v) is 5.29. The van der Waals surface area contributed by atoms with Crippen molar-refractivity contribution >= 4 is 27.6 Å². The van der Waals surface area contributed by atoms with Crippen LogP contribution in [0.5, 0.6) is 0 Å². The summed E-state index contributed by atoms with van der Waals surface area (Å²) in [6, 6.07) is 4.64. The van der Waals surface area contributed by atoms with Crippen LogP contribution in [0.1, 0.15) is 34.3 Å². The highest BCUT2D eigenvalue weighted by atomic mass is 79.9. The first-order chi connectivity index (χ1) is 9.56. The average Bonchev–Trinajstić information content (AvgIpc) is 2.92. The van der Waals surface area contributed by atoms with E-state index < -0.39 is 0 Å². The number of amides is 1. The van der Waals surface area contributed by atoms with Crippen molar-refractivity contribution in [3.8, 4) is 0 Å². The first-order valence-corrected chi connectivity index (χ1v) is 6.83. The molecular formula is C14H13BrN2O3. The molecule has 0 aliphatic carbocycles. The van der Waals surface area contributed by atoms with Crippen molar-refractivity contribution in [3.63, 3.8) is 0 Å². The maximum absolute atomic E-state index is 12.0. The highest BCUT2D eigenvalue weighted by Crippen LogP contribution is 2.10. The molecule has 0 saturated carbocycles. The van der Waals surface area contributed by atoms with E-state index in [4.69, 9.17) is 4.42 Å². The minimum atomic E-state index is -0.293. The van der Waals surface area contributed by atoms with Crippen molar-refractivity contribution in [2.24, 2.45) is 0 Å². The molecule has 0 saturated heterocycles. The average molecular weight is 337 g/mol. The van der Waals surface area contributed by atoms with Crippen molar-refractivity contribution in [1.29, 1.82) is 0 Å². The fraction of sp³-hybridized carbons (Fsp3) is 0.214. The number of carbonyl (C=O) groups is 2. The molecule has 0 aromatic carbocycles. The van der Waals surface area contributed by atoms with Gasteiger partial charge in [-0.1, -0.05) is 0 Å². The molecule has 1 N–H and O–H groups in total. The summed E-state index contributed by atoms with van der Waals surface area (Å²) in [5.41, 5.74) is 0.441. The largest absolute Gasteiger partial charge is 0.461 e. The molecule has 2 rings (SSSR count). The molecule has 2 aromatic rings. The van der Waals surface area contributed by atoms with Gasteiger partial charge in [-0.25, -0.2) is 0 Å². The van der Waals surface area contributed by atoms with Gasteiger partial charge in [0.05, 0.1) is 11.8 Å². The van der Waals surface area contributed by atoms with Gasteiger partial charge >= 0.3 is 0 Å². The van der Waals surface area contributed by atoms with Crippen LogP contribution in [0.25, 0.3) is 0 Å². The molecule has 2 heterocycles. The number of pyridine rings is 1. The third-order valence-corrected chi connectivity index (χ3v) is 3.07. The Morgan fingerprint density at radius 3 is 2.90 bits per heavy atom. The Hall–Kier alpha value is -1.95. The Morgan fingerprint density at radius 1 is 1.45 bits per heavy atom. The first-order valence-electron chi connectivity index (χ1n) is 6.04. The number of carbonyl (C=O) groups excluding carboxylic acids is 2. The number of furan rings is 1. The summed E-state index contributed by atoms with van der Waals surface area (Å²) in [5.74, 6) is -0.107. The van der Waals surface area contributed by atoms with Gasteiger partial charge in [0.15, 0.2) is 11.5 Å². The van der Waals surface area contributed by atoms with Gasteiger partial charge in [-0.05, 0) is 41.1 Å². The minimum absolute atomic E-state index is 0.143. The molecule has 6 heteroatoms. The number of nitrogens with one attached hydrogen (secondary N) is 1. The Bertz CT molecular complexity index is 611. The lowest BCUT2D eigenvalue weighted by molar-refractivity contribution is 0.0907. The van der Waals surface area contributed by atoms with E-state index in [2.05, 4.69) is 26.2 Å². The van der Waals surface area contributed by atoms with Crippen molar-refractivity contribution in [3.05, 3.63) is 52.7 Å². The molecule has 0 bridgehead atoms. The molecule has 0 radical (unpaired) electrons. The van der Waals surface area contributed by atoms with E-state index in [0.717, 1.165) is 4.47 Å². The number of hydrogen-bond acceptors (Lipinski definition) is 4. The van der Waals surface area contributed by atoms with Gasteiger partial charge in [0.2, 0.25) is 0 Å². The number of hydrogen-bond donors (Lipinski definition) is 1. The molecule has 0 fully saturated rings. The van der Waals surface area contributed by atoms with Gasteiger partial charge in [-0.15, -0.1) is 0 Å². The van der Waals surface area contributed by atoms with E-state index >= 15 is 0 Å². The normalized spacial score (nSPS) is 11.9. The Labute approximate surface area is 124 Å². The zero-order chi connectivity index (χ0) is 14.5. The molecule has 0 aliphatic heterocycles. The van der Waals surface area contributed by atoms with E-state index in [0.29, 0.717) is 11.3 Å². The third kappa shape index (κ3) is 3.77. The van der Waals surface area contributed by atoms with Gasteiger partial charge in [0.25, 0.3) is 5.91 Å². The van der Waals surface area contributed by atoms with Gasteiger partial charge in [-0.3, -0.25) is 14.6 Å². The van der Waals surface area contributed by atoms with Crippen LogP contribution >= 0.6 is 15.9 Å². The van der Waals surface area contributed by atoms with Crippen LogP contribution < -0.4 is 5.32 Å². The summed E-state index contributed by atoms with van der Waals surface area (Å²) in [4.78, 5) is 27.7. The zero-order valence-electron chi connectivity index (χ0n) is 10.8. The molecule has 104 valence electrons. The Balaban J connectivity index is 1.93. The predicted molar refractivity (Wildman–Crippen MR) is 76.5 cm³/mol. The van der Waals surface area contributed by atoms with Gasteiger partial charge in [-0.2, -0.15) is 0 Å². The highest BCUT2D eigenvalue weighted by Gasteiger charge is 2.16. The molecule has 5 nitrogen and oxygen atoms in total. The standard InChI is InChI=1S/C14H13BrN2O3/c1-9(5-12(18)13-3-2-4-20-13)17-14(19)10-6-11(15)8-16-7-10/h2-4,6-9H,5H2,1H3,(H,17,19)/t9-/m1/s1. The molecule has 0 aliphatic rings. The Morgan fingerprint density at radius 2 is 2.25 bits per heavy atom. The van der Waals surface area contributed by atoms with Crippen LogP contribution in [0.15, 0.2) is 45.7 Å². The summed E-state index contributed by atoms with van der Waals surface area (Å²) in [7, 11) is 0. The monoisotopic (exact) mass is 336 g/mol. The van der Waals surface area contributed by atoms with Crippen LogP contribution in [0.4, 0.5) is 0 Å².